The van der Waals surface area contributed by atoms with Gasteiger partial charge in [-0.05, 0) is 49.9 Å². The number of aryl methyl sites for hydroxylation is 2. The van der Waals surface area contributed by atoms with Gasteiger partial charge in [0, 0.05) is 18.8 Å². The van der Waals surface area contributed by atoms with Crippen molar-refractivity contribution in [2.24, 2.45) is 0 Å². The van der Waals surface area contributed by atoms with Crippen LogP contribution in [0.15, 0.2) is 12.1 Å². The van der Waals surface area contributed by atoms with E-state index in [1.54, 1.807) is 0 Å². The van der Waals surface area contributed by atoms with Gasteiger partial charge in [0.25, 0.3) is 0 Å². The van der Waals surface area contributed by atoms with Crippen molar-refractivity contribution in [2.75, 3.05) is 18.0 Å². The van der Waals surface area contributed by atoms with Crippen LogP contribution >= 0.6 is 0 Å². The lowest BCUT2D eigenvalue weighted by Crippen LogP contribution is -2.25. The molecule has 17 heavy (non-hydrogen) atoms. The van der Waals surface area contributed by atoms with Crippen LogP contribution in [0.3, 0.4) is 0 Å². The van der Waals surface area contributed by atoms with Gasteiger partial charge in [0.05, 0.1) is 11.6 Å². The maximum atomic E-state index is 9.07. The highest BCUT2D eigenvalue weighted by molar-refractivity contribution is 5.57. The quantitative estimate of drug-likeness (QED) is 0.769. The van der Waals surface area contributed by atoms with Gasteiger partial charge in [0.2, 0.25) is 0 Å². The van der Waals surface area contributed by atoms with E-state index in [4.69, 9.17) is 5.26 Å². The molecule has 0 aromatic heterocycles. The largest absolute Gasteiger partial charge is 0.372 e. The lowest BCUT2D eigenvalue weighted by Gasteiger charge is -2.25. The van der Waals surface area contributed by atoms with Crippen LogP contribution in [-0.2, 0) is 0 Å². The first-order valence-corrected chi connectivity index (χ1v) is 6.40. The minimum Gasteiger partial charge on any atom is -0.372 e. The van der Waals surface area contributed by atoms with E-state index in [1.807, 2.05) is 13.8 Å². The zero-order valence-corrected chi connectivity index (χ0v) is 11.4. The zero-order valence-electron chi connectivity index (χ0n) is 11.4. The van der Waals surface area contributed by atoms with Crippen molar-refractivity contribution in [3.8, 4) is 6.07 Å². The summed E-state index contributed by atoms with van der Waals surface area (Å²) >= 11 is 0. The fourth-order valence-corrected chi connectivity index (χ4v) is 2.21. The molecule has 0 spiro atoms. The summed E-state index contributed by atoms with van der Waals surface area (Å²) < 4.78 is 0. The topological polar surface area (TPSA) is 27.0 Å². The van der Waals surface area contributed by atoms with E-state index in [1.165, 1.54) is 5.69 Å². The predicted octanol–water partition coefficient (Wildman–Crippen LogP) is 3.80. The molecule has 0 atom stereocenters. The Hall–Kier alpha value is -1.49. The van der Waals surface area contributed by atoms with Crippen LogP contribution in [0, 0.1) is 25.2 Å². The average Bonchev–Trinajstić information content (AvgIpc) is 2.28. The molecule has 92 valence electrons. The van der Waals surface area contributed by atoms with Gasteiger partial charge in [-0.3, -0.25) is 0 Å². The third-order valence-corrected chi connectivity index (χ3v) is 2.98. The maximum absolute atomic E-state index is 9.07. The Balaban J connectivity index is 3.09. The molecule has 0 saturated heterocycles. The monoisotopic (exact) mass is 230 g/mol. The number of rotatable bonds is 5. The minimum atomic E-state index is 0.821. The van der Waals surface area contributed by atoms with E-state index in [0.29, 0.717) is 0 Å². The normalized spacial score (nSPS) is 10.1. The molecular weight excluding hydrogens is 208 g/mol. The van der Waals surface area contributed by atoms with Gasteiger partial charge in [-0.15, -0.1) is 0 Å². The first-order valence-electron chi connectivity index (χ1n) is 6.40. The van der Waals surface area contributed by atoms with Crippen molar-refractivity contribution in [1.82, 2.24) is 0 Å². The van der Waals surface area contributed by atoms with Crippen LogP contribution in [0.2, 0.25) is 0 Å². The summed E-state index contributed by atoms with van der Waals surface area (Å²) in [6, 6.07) is 6.55. The van der Waals surface area contributed by atoms with Crippen molar-refractivity contribution in [3.63, 3.8) is 0 Å². The average molecular weight is 230 g/mol. The Labute approximate surface area is 105 Å². The molecule has 1 aromatic rings. The molecule has 0 unspecified atom stereocenters. The third kappa shape index (κ3) is 3.23. The Kier molecular flexibility index (Phi) is 5.03. The number of nitriles is 1. The maximum Gasteiger partial charge on any atom is 0.0997 e. The second-order valence-electron chi connectivity index (χ2n) is 4.55. The van der Waals surface area contributed by atoms with Crippen molar-refractivity contribution < 1.29 is 0 Å². The number of hydrogen-bond acceptors (Lipinski definition) is 2. The molecule has 2 nitrogen and oxygen atoms in total. The molecule has 2 heteroatoms. The summed E-state index contributed by atoms with van der Waals surface area (Å²) in [6.45, 7) is 10.6. The summed E-state index contributed by atoms with van der Waals surface area (Å²) in [4.78, 5) is 2.40. The molecule has 0 saturated carbocycles. The van der Waals surface area contributed by atoms with Crippen LogP contribution in [0.25, 0.3) is 0 Å². The van der Waals surface area contributed by atoms with Crippen molar-refractivity contribution in [2.45, 2.75) is 40.5 Å². The summed E-state index contributed by atoms with van der Waals surface area (Å²) in [5, 5.41) is 9.07. The molecule has 1 rings (SSSR count). The number of benzene rings is 1. The van der Waals surface area contributed by atoms with Gasteiger partial charge >= 0.3 is 0 Å². The van der Waals surface area contributed by atoms with Gasteiger partial charge in [0.1, 0.15) is 0 Å². The highest BCUT2D eigenvalue weighted by atomic mass is 15.1. The summed E-state index contributed by atoms with van der Waals surface area (Å²) in [7, 11) is 0. The highest BCUT2D eigenvalue weighted by Crippen LogP contribution is 2.23. The molecule has 1 aromatic carbocycles. The summed E-state index contributed by atoms with van der Waals surface area (Å²) in [5.74, 6) is 0. The SMILES string of the molecule is CCCN(CCC)c1cc(C)c(C#N)c(C)c1. The van der Waals surface area contributed by atoms with Crippen molar-refractivity contribution in [3.05, 3.63) is 28.8 Å². The lowest BCUT2D eigenvalue weighted by atomic mass is 10.0. The molecule has 0 aliphatic heterocycles. The zero-order chi connectivity index (χ0) is 12.8. The molecule has 0 amide bonds. The van der Waals surface area contributed by atoms with Gasteiger partial charge in [-0.1, -0.05) is 13.8 Å². The number of hydrogen-bond donors (Lipinski definition) is 0. The standard InChI is InChI=1S/C15H22N2/c1-5-7-17(8-6-2)14-9-12(3)15(11-16)13(4)10-14/h9-10H,5-8H2,1-4H3. The molecule has 0 aliphatic rings. The smallest absolute Gasteiger partial charge is 0.0997 e. The number of anilines is 1. The van der Waals surface area contributed by atoms with Crippen LogP contribution in [0.1, 0.15) is 43.4 Å². The predicted molar refractivity (Wildman–Crippen MR) is 73.4 cm³/mol. The molecule has 0 heterocycles. The molecule has 0 fully saturated rings. The summed E-state index contributed by atoms with van der Waals surface area (Å²) in [6.07, 6.45) is 2.30. The van der Waals surface area contributed by atoms with E-state index in [0.717, 1.165) is 42.6 Å². The van der Waals surface area contributed by atoms with Gasteiger partial charge in [0.15, 0.2) is 0 Å². The minimum absolute atomic E-state index is 0.821. The summed E-state index contributed by atoms with van der Waals surface area (Å²) in [5.41, 5.74) is 4.24. The van der Waals surface area contributed by atoms with E-state index in [9.17, 15) is 0 Å². The van der Waals surface area contributed by atoms with Crippen LogP contribution < -0.4 is 4.90 Å². The molecule has 0 aliphatic carbocycles. The molecule has 0 N–H and O–H groups in total. The second kappa shape index (κ2) is 6.30. The van der Waals surface area contributed by atoms with E-state index < -0.39 is 0 Å². The molecule has 0 bridgehead atoms. The second-order valence-corrected chi connectivity index (χ2v) is 4.55. The van der Waals surface area contributed by atoms with Crippen molar-refractivity contribution in [1.29, 1.82) is 5.26 Å². The molecule has 0 radical (unpaired) electrons. The first-order chi connectivity index (χ1) is 8.13. The Morgan fingerprint density at radius 2 is 1.53 bits per heavy atom. The number of nitrogens with zero attached hydrogens (tertiary/aromatic N) is 2. The van der Waals surface area contributed by atoms with Crippen LogP contribution in [0.5, 0.6) is 0 Å². The Morgan fingerprint density at radius 3 is 1.88 bits per heavy atom. The van der Waals surface area contributed by atoms with Crippen molar-refractivity contribution >= 4 is 5.69 Å². The Morgan fingerprint density at radius 1 is 1.06 bits per heavy atom. The fraction of sp³-hybridized carbons (Fsp3) is 0.533. The van der Waals surface area contributed by atoms with Gasteiger partial charge in [-0.25, -0.2) is 0 Å². The van der Waals surface area contributed by atoms with E-state index in [-0.39, 0.29) is 0 Å². The van der Waals surface area contributed by atoms with E-state index in [2.05, 4.69) is 36.9 Å². The first kappa shape index (κ1) is 13.6. The van der Waals surface area contributed by atoms with Gasteiger partial charge in [-0.2, -0.15) is 5.26 Å². The van der Waals surface area contributed by atoms with Gasteiger partial charge < -0.3 is 4.90 Å². The lowest BCUT2D eigenvalue weighted by molar-refractivity contribution is 0.744. The fourth-order valence-electron chi connectivity index (χ4n) is 2.21. The van der Waals surface area contributed by atoms with Crippen LogP contribution in [0.4, 0.5) is 5.69 Å². The third-order valence-electron chi connectivity index (χ3n) is 2.98. The Bertz CT molecular complexity index is 386. The van der Waals surface area contributed by atoms with Crippen LogP contribution in [-0.4, -0.2) is 13.1 Å². The molecular formula is C15H22N2. The highest BCUT2D eigenvalue weighted by Gasteiger charge is 2.09. The van der Waals surface area contributed by atoms with E-state index >= 15 is 0 Å².